The van der Waals surface area contributed by atoms with Crippen molar-refractivity contribution in [2.45, 2.75) is 0 Å². The fourth-order valence-corrected chi connectivity index (χ4v) is 3.90. The Kier molecular flexibility index (Phi) is 6.73. The monoisotopic (exact) mass is 542 g/mol. The van der Waals surface area contributed by atoms with Crippen LogP contribution in [0.4, 0.5) is 11.4 Å². The fraction of sp³-hybridized carbons (Fsp3) is 0.0435. The first kappa shape index (κ1) is 22.9. The van der Waals surface area contributed by atoms with E-state index >= 15 is 0 Å². The summed E-state index contributed by atoms with van der Waals surface area (Å²) in [6, 6.07) is 20.6. The molecule has 0 spiro atoms. The number of rotatable bonds is 5. The van der Waals surface area contributed by atoms with Crippen molar-refractivity contribution in [3.8, 4) is 23.0 Å². The average molecular weight is 544 g/mol. The molecular formula is C23H16BrClN4O3S. The minimum atomic E-state index is -0.622. The molecule has 0 amide bonds. The first-order chi connectivity index (χ1) is 15.9. The van der Waals surface area contributed by atoms with Crippen LogP contribution in [0.2, 0.25) is 5.02 Å². The van der Waals surface area contributed by atoms with Crippen LogP contribution in [-0.4, -0.2) is 21.4 Å². The summed E-state index contributed by atoms with van der Waals surface area (Å²) in [5.41, 5.74) is 0.492. The SMILES string of the molecule is COc1ccccc1-n1c(O)c(N=Nc2ccc(Cl)cc2)c(=O)n(-c2ccc(Br)cc2)c1=S. The van der Waals surface area contributed by atoms with Gasteiger partial charge in [-0.15, -0.1) is 5.11 Å². The van der Waals surface area contributed by atoms with Gasteiger partial charge < -0.3 is 9.84 Å². The van der Waals surface area contributed by atoms with Crippen molar-refractivity contribution in [2.75, 3.05) is 7.11 Å². The van der Waals surface area contributed by atoms with Crippen molar-refractivity contribution >= 4 is 51.1 Å². The van der Waals surface area contributed by atoms with Gasteiger partial charge in [0.15, 0.2) is 4.77 Å². The largest absolute Gasteiger partial charge is 0.495 e. The Morgan fingerprint density at radius 2 is 1.64 bits per heavy atom. The quantitative estimate of drug-likeness (QED) is 0.219. The van der Waals surface area contributed by atoms with E-state index in [9.17, 15) is 9.90 Å². The molecular weight excluding hydrogens is 528 g/mol. The lowest BCUT2D eigenvalue weighted by Crippen LogP contribution is -2.23. The highest BCUT2D eigenvalue weighted by atomic mass is 79.9. The van der Waals surface area contributed by atoms with Crippen LogP contribution in [0.1, 0.15) is 0 Å². The second-order valence-corrected chi connectivity index (χ2v) is 8.47. The molecule has 0 saturated heterocycles. The van der Waals surface area contributed by atoms with E-state index in [1.807, 2.05) is 0 Å². The Bertz CT molecular complexity index is 1470. The summed E-state index contributed by atoms with van der Waals surface area (Å²) < 4.78 is 8.93. The molecule has 4 rings (SSSR count). The maximum Gasteiger partial charge on any atom is 0.290 e. The third kappa shape index (κ3) is 4.61. The summed E-state index contributed by atoms with van der Waals surface area (Å²) in [5.74, 6) is -0.00827. The van der Waals surface area contributed by atoms with Gasteiger partial charge >= 0.3 is 0 Å². The molecule has 0 atom stereocenters. The van der Waals surface area contributed by atoms with Crippen LogP contribution in [-0.2, 0) is 0 Å². The number of hydrogen-bond acceptors (Lipinski definition) is 6. The zero-order valence-corrected chi connectivity index (χ0v) is 20.3. The summed E-state index contributed by atoms with van der Waals surface area (Å²) in [4.78, 5) is 13.4. The number of aromatic nitrogens is 2. The van der Waals surface area contributed by atoms with Gasteiger partial charge in [-0.05, 0) is 72.9 Å². The topological polar surface area (TPSA) is 81.1 Å². The second kappa shape index (κ2) is 9.70. The van der Waals surface area contributed by atoms with Gasteiger partial charge in [-0.3, -0.25) is 13.9 Å². The van der Waals surface area contributed by atoms with E-state index in [0.717, 1.165) is 4.47 Å². The lowest BCUT2D eigenvalue weighted by Gasteiger charge is -2.17. The van der Waals surface area contributed by atoms with Gasteiger partial charge in [-0.1, -0.05) is 39.7 Å². The zero-order chi connectivity index (χ0) is 23.5. The molecule has 0 aliphatic carbocycles. The van der Waals surface area contributed by atoms with E-state index in [0.29, 0.717) is 27.8 Å². The van der Waals surface area contributed by atoms with Gasteiger partial charge in [-0.25, -0.2) is 0 Å². The average Bonchev–Trinajstić information content (AvgIpc) is 2.81. The van der Waals surface area contributed by atoms with Crippen molar-refractivity contribution in [1.29, 1.82) is 0 Å². The minimum absolute atomic E-state index is 0.0368. The Balaban J connectivity index is 2.02. The van der Waals surface area contributed by atoms with Gasteiger partial charge in [0.2, 0.25) is 11.6 Å². The Morgan fingerprint density at radius 1 is 0.970 bits per heavy atom. The van der Waals surface area contributed by atoms with Crippen molar-refractivity contribution in [1.82, 2.24) is 9.13 Å². The highest BCUT2D eigenvalue weighted by molar-refractivity contribution is 9.10. The van der Waals surface area contributed by atoms with Crippen molar-refractivity contribution in [3.63, 3.8) is 0 Å². The van der Waals surface area contributed by atoms with Gasteiger partial charge in [0.1, 0.15) is 5.75 Å². The summed E-state index contributed by atoms with van der Waals surface area (Å²) in [6.07, 6.45) is 0. The molecule has 166 valence electrons. The summed E-state index contributed by atoms with van der Waals surface area (Å²) in [7, 11) is 1.51. The maximum absolute atomic E-state index is 13.4. The maximum atomic E-state index is 13.4. The molecule has 0 aliphatic heterocycles. The predicted octanol–water partition coefficient (Wildman–Crippen LogP) is 6.90. The molecule has 33 heavy (non-hydrogen) atoms. The number of para-hydroxylation sites is 2. The van der Waals surface area contributed by atoms with Crippen LogP contribution >= 0.6 is 39.7 Å². The summed E-state index contributed by atoms with van der Waals surface area (Å²) >= 11 is 14.9. The number of aromatic hydroxyl groups is 1. The van der Waals surface area contributed by atoms with Crippen LogP contribution in [0.25, 0.3) is 11.4 Å². The van der Waals surface area contributed by atoms with Crippen molar-refractivity contribution < 1.29 is 9.84 Å². The number of methoxy groups -OCH3 is 1. The number of halogens is 2. The van der Waals surface area contributed by atoms with Gasteiger partial charge in [-0.2, -0.15) is 5.11 Å². The van der Waals surface area contributed by atoms with Gasteiger partial charge in [0.25, 0.3) is 5.56 Å². The molecule has 1 aromatic heterocycles. The Hall–Kier alpha value is -3.27. The normalized spacial score (nSPS) is 11.1. The fourth-order valence-electron chi connectivity index (χ4n) is 3.14. The summed E-state index contributed by atoms with van der Waals surface area (Å²) in [6.45, 7) is 0. The standard InChI is InChI=1S/C23H16BrClN4O3S/c1-32-19-5-3-2-4-18(19)29-22(31)20(27-26-16-10-8-15(25)9-11-16)21(30)28(23(29)33)17-12-6-14(24)7-13-17/h2-13,31H,1H3. The molecule has 0 saturated carbocycles. The number of hydrogen-bond donors (Lipinski definition) is 1. The highest BCUT2D eigenvalue weighted by Gasteiger charge is 2.21. The van der Waals surface area contributed by atoms with Gasteiger partial charge in [0, 0.05) is 9.50 Å². The molecule has 0 fully saturated rings. The molecule has 3 aromatic carbocycles. The molecule has 1 N–H and O–H groups in total. The van der Waals surface area contributed by atoms with E-state index in [4.69, 9.17) is 28.6 Å². The summed E-state index contributed by atoms with van der Waals surface area (Å²) in [5, 5.41) is 19.8. The molecule has 10 heteroatoms. The van der Waals surface area contributed by atoms with Gasteiger partial charge in [0.05, 0.1) is 24.2 Å². The lowest BCUT2D eigenvalue weighted by atomic mass is 10.2. The molecule has 7 nitrogen and oxygen atoms in total. The van der Waals surface area contributed by atoms with Crippen LogP contribution in [0.15, 0.2) is 92.3 Å². The van der Waals surface area contributed by atoms with E-state index in [-0.39, 0.29) is 10.5 Å². The van der Waals surface area contributed by atoms with Crippen LogP contribution in [0.5, 0.6) is 11.6 Å². The van der Waals surface area contributed by atoms with Crippen LogP contribution in [0, 0.1) is 4.77 Å². The third-order valence-corrected chi connectivity index (χ3v) is 5.86. The Labute approximate surface area is 207 Å². The molecule has 0 radical (unpaired) electrons. The van der Waals surface area contributed by atoms with Crippen molar-refractivity contribution in [3.05, 3.63) is 97.4 Å². The minimum Gasteiger partial charge on any atom is -0.495 e. The van der Waals surface area contributed by atoms with E-state index in [2.05, 4.69) is 26.2 Å². The predicted molar refractivity (Wildman–Crippen MR) is 134 cm³/mol. The molecule has 0 unspecified atom stereocenters. The number of nitrogens with zero attached hydrogens (tertiary/aromatic N) is 4. The second-order valence-electron chi connectivity index (χ2n) is 6.76. The molecule has 1 heterocycles. The molecule has 0 bridgehead atoms. The molecule has 4 aromatic rings. The first-order valence-corrected chi connectivity index (χ1v) is 11.2. The first-order valence-electron chi connectivity index (χ1n) is 9.58. The van der Waals surface area contributed by atoms with Crippen molar-refractivity contribution in [2.24, 2.45) is 10.2 Å². The van der Waals surface area contributed by atoms with Crippen LogP contribution in [0.3, 0.4) is 0 Å². The molecule has 0 aliphatic rings. The number of benzene rings is 3. The van der Waals surface area contributed by atoms with E-state index in [1.165, 1.54) is 16.2 Å². The highest BCUT2D eigenvalue weighted by Crippen LogP contribution is 2.33. The van der Waals surface area contributed by atoms with Crippen LogP contribution < -0.4 is 10.3 Å². The number of ether oxygens (including phenoxy) is 1. The third-order valence-electron chi connectivity index (χ3n) is 4.71. The van der Waals surface area contributed by atoms with E-state index < -0.39 is 11.4 Å². The Morgan fingerprint density at radius 3 is 2.30 bits per heavy atom. The number of azo groups is 1. The van der Waals surface area contributed by atoms with E-state index in [1.54, 1.807) is 72.8 Å². The smallest absolute Gasteiger partial charge is 0.290 e. The zero-order valence-electron chi connectivity index (χ0n) is 17.1. The lowest BCUT2D eigenvalue weighted by molar-refractivity contribution is 0.402.